The van der Waals surface area contributed by atoms with E-state index in [1.807, 2.05) is 38.3 Å². The van der Waals surface area contributed by atoms with E-state index in [4.69, 9.17) is 5.14 Å². The van der Waals surface area contributed by atoms with Crippen molar-refractivity contribution >= 4 is 31.8 Å². The van der Waals surface area contributed by atoms with E-state index in [1.165, 1.54) is 16.1 Å². The van der Waals surface area contributed by atoms with Gasteiger partial charge in [0.1, 0.15) is 0 Å². The van der Waals surface area contributed by atoms with Crippen LogP contribution in [0.25, 0.3) is 11.4 Å². The molecule has 1 heterocycles. The first-order valence-electron chi connectivity index (χ1n) is 10.2. The lowest BCUT2D eigenvalue weighted by molar-refractivity contribution is 0.445. The van der Waals surface area contributed by atoms with E-state index in [0.717, 1.165) is 6.42 Å². The Labute approximate surface area is 189 Å². The zero-order valence-corrected chi connectivity index (χ0v) is 20.8. The van der Waals surface area contributed by atoms with Gasteiger partial charge in [-0.3, -0.25) is 4.57 Å². The number of primary sulfonamides is 1. The molecule has 0 saturated carbocycles. The molecule has 0 radical (unpaired) electrons. The van der Waals surface area contributed by atoms with Crippen molar-refractivity contribution in [1.82, 2.24) is 19.1 Å². The number of thioether (sulfide) groups is 1. The van der Waals surface area contributed by atoms with Crippen molar-refractivity contribution < 1.29 is 16.8 Å². The van der Waals surface area contributed by atoms with Gasteiger partial charge in [0.2, 0.25) is 20.0 Å². The molecule has 0 amide bonds. The average molecular weight is 490 g/mol. The van der Waals surface area contributed by atoms with Gasteiger partial charge in [-0.25, -0.2) is 22.0 Å². The van der Waals surface area contributed by atoms with Crippen LogP contribution in [0.2, 0.25) is 0 Å². The molecule has 1 atom stereocenters. The minimum atomic E-state index is -3.59. The van der Waals surface area contributed by atoms with Crippen LogP contribution >= 0.6 is 11.8 Å². The minimum absolute atomic E-state index is 0.0776. The highest BCUT2D eigenvalue weighted by Gasteiger charge is 2.24. The largest absolute Gasteiger partial charge is 0.299 e. The third kappa shape index (κ3) is 6.51. The SMILES string of the molecule is CCC(C)n1c(SCCCS(N)(=O)=O)nnc1-c1cccc(S(=O)(=O)N(CC)CC)c1. The number of benzene rings is 1. The van der Waals surface area contributed by atoms with Gasteiger partial charge in [-0.1, -0.05) is 44.7 Å². The first-order valence-corrected chi connectivity index (χ1v) is 14.4. The summed E-state index contributed by atoms with van der Waals surface area (Å²) >= 11 is 1.41. The molecule has 2 aromatic rings. The van der Waals surface area contributed by atoms with Gasteiger partial charge >= 0.3 is 0 Å². The standard InChI is InChI=1S/C19H31N5O4S3/c1-5-15(4)24-18(21-22-19(24)29-12-9-13-30(20,25)26)16-10-8-11-17(14-16)31(27,28)23(6-2)7-3/h8,10-11,14-15H,5-7,9,12-13H2,1-4H3,(H2,20,25,26). The van der Waals surface area contributed by atoms with Crippen LogP contribution in [0.5, 0.6) is 0 Å². The molecule has 2 rings (SSSR count). The van der Waals surface area contributed by atoms with E-state index >= 15 is 0 Å². The third-order valence-electron chi connectivity index (χ3n) is 4.94. The second kappa shape index (κ2) is 10.9. The Hall–Kier alpha value is -1.47. The normalized spacial score (nSPS) is 13.6. The topological polar surface area (TPSA) is 128 Å². The molecule has 0 saturated heterocycles. The van der Waals surface area contributed by atoms with Crippen molar-refractivity contribution in [3.8, 4) is 11.4 Å². The Morgan fingerprint density at radius 3 is 2.39 bits per heavy atom. The maximum absolute atomic E-state index is 12.9. The van der Waals surface area contributed by atoms with Crippen LogP contribution < -0.4 is 5.14 Å². The summed E-state index contributed by atoms with van der Waals surface area (Å²) in [5, 5.41) is 14.3. The second-order valence-electron chi connectivity index (χ2n) is 7.12. The Kier molecular flexibility index (Phi) is 9.07. The first kappa shape index (κ1) is 25.8. The van der Waals surface area contributed by atoms with E-state index in [0.29, 0.717) is 41.8 Å². The molecule has 0 bridgehead atoms. The summed E-state index contributed by atoms with van der Waals surface area (Å²) in [6, 6.07) is 6.82. The van der Waals surface area contributed by atoms with Crippen molar-refractivity contribution in [2.24, 2.45) is 5.14 Å². The molecule has 9 nitrogen and oxygen atoms in total. The number of nitrogens with two attached hydrogens (primary N) is 1. The molecule has 0 aliphatic carbocycles. The highest BCUT2D eigenvalue weighted by atomic mass is 32.2. The second-order valence-corrected chi connectivity index (χ2v) is 11.9. The lowest BCUT2D eigenvalue weighted by atomic mass is 10.2. The summed E-state index contributed by atoms with van der Waals surface area (Å²) in [5.74, 6) is 1.02. The van der Waals surface area contributed by atoms with Gasteiger partial charge in [-0.2, -0.15) is 4.31 Å². The number of sulfonamides is 2. The Morgan fingerprint density at radius 2 is 1.81 bits per heavy atom. The van der Waals surface area contributed by atoms with Crippen LogP contribution in [-0.2, 0) is 20.0 Å². The Morgan fingerprint density at radius 1 is 1.13 bits per heavy atom. The zero-order chi connectivity index (χ0) is 23.2. The van der Waals surface area contributed by atoms with Gasteiger partial charge in [-0.05, 0) is 31.9 Å². The number of nitrogens with zero attached hydrogens (tertiary/aromatic N) is 4. The quantitative estimate of drug-likeness (QED) is 0.358. The van der Waals surface area contributed by atoms with Crippen LogP contribution in [-0.4, -0.2) is 60.5 Å². The van der Waals surface area contributed by atoms with Crippen molar-refractivity contribution in [1.29, 1.82) is 0 Å². The number of hydrogen-bond donors (Lipinski definition) is 1. The van der Waals surface area contributed by atoms with E-state index < -0.39 is 20.0 Å². The fourth-order valence-electron chi connectivity index (χ4n) is 3.08. The summed E-state index contributed by atoms with van der Waals surface area (Å²) in [7, 11) is -7.09. The van der Waals surface area contributed by atoms with Crippen LogP contribution in [0.15, 0.2) is 34.3 Å². The predicted octanol–water partition coefficient (Wildman–Crippen LogP) is 2.72. The minimum Gasteiger partial charge on any atom is -0.299 e. The number of aromatic nitrogens is 3. The fraction of sp³-hybridized carbons (Fsp3) is 0.579. The van der Waals surface area contributed by atoms with Crippen molar-refractivity contribution in [2.75, 3.05) is 24.6 Å². The van der Waals surface area contributed by atoms with Crippen molar-refractivity contribution in [3.63, 3.8) is 0 Å². The fourth-order valence-corrected chi connectivity index (χ4v) is 6.29. The highest BCUT2D eigenvalue weighted by molar-refractivity contribution is 7.99. The predicted molar refractivity (Wildman–Crippen MR) is 124 cm³/mol. The lowest BCUT2D eigenvalue weighted by Crippen LogP contribution is -2.30. The van der Waals surface area contributed by atoms with Crippen LogP contribution in [0.4, 0.5) is 0 Å². The molecule has 1 aromatic heterocycles. The maximum Gasteiger partial charge on any atom is 0.243 e. The zero-order valence-electron chi connectivity index (χ0n) is 18.4. The molecule has 31 heavy (non-hydrogen) atoms. The van der Waals surface area contributed by atoms with E-state index in [9.17, 15) is 16.8 Å². The Bertz CT molecular complexity index is 1080. The van der Waals surface area contributed by atoms with Gasteiger partial charge in [0, 0.05) is 30.4 Å². The molecule has 1 aromatic carbocycles. The van der Waals surface area contributed by atoms with Gasteiger partial charge in [0.25, 0.3) is 0 Å². The molecule has 0 fully saturated rings. The van der Waals surface area contributed by atoms with E-state index in [-0.39, 0.29) is 16.7 Å². The molecule has 0 spiro atoms. The highest BCUT2D eigenvalue weighted by Crippen LogP contribution is 2.31. The van der Waals surface area contributed by atoms with Gasteiger partial charge < -0.3 is 0 Å². The number of rotatable bonds is 12. The summed E-state index contributed by atoms with van der Waals surface area (Å²) < 4.78 is 51.5. The van der Waals surface area contributed by atoms with Gasteiger partial charge in [0.05, 0.1) is 10.6 Å². The maximum atomic E-state index is 12.9. The van der Waals surface area contributed by atoms with Crippen LogP contribution in [0.3, 0.4) is 0 Å². The van der Waals surface area contributed by atoms with E-state index in [2.05, 4.69) is 10.2 Å². The average Bonchev–Trinajstić information content (AvgIpc) is 3.14. The van der Waals surface area contributed by atoms with Gasteiger partial charge in [-0.15, -0.1) is 10.2 Å². The van der Waals surface area contributed by atoms with Crippen molar-refractivity contribution in [3.05, 3.63) is 24.3 Å². The van der Waals surface area contributed by atoms with Crippen LogP contribution in [0, 0.1) is 0 Å². The molecular weight excluding hydrogens is 458 g/mol. The molecule has 1 unspecified atom stereocenters. The monoisotopic (exact) mass is 489 g/mol. The van der Waals surface area contributed by atoms with Crippen molar-refractivity contribution in [2.45, 2.75) is 56.6 Å². The number of hydrogen-bond acceptors (Lipinski definition) is 7. The molecule has 0 aliphatic rings. The molecule has 0 aliphatic heterocycles. The summed E-state index contributed by atoms with van der Waals surface area (Å²) in [6.07, 6.45) is 1.23. The lowest BCUT2D eigenvalue weighted by Gasteiger charge is -2.19. The molecule has 12 heteroatoms. The summed E-state index contributed by atoms with van der Waals surface area (Å²) in [5.41, 5.74) is 0.664. The van der Waals surface area contributed by atoms with Crippen LogP contribution in [0.1, 0.15) is 46.6 Å². The Balaban J connectivity index is 2.39. The molecule has 174 valence electrons. The van der Waals surface area contributed by atoms with Gasteiger partial charge in [0.15, 0.2) is 11.0 Å². The summed E-state index contributed by atoms with van der Waals surface area (Å²) in [4.78, 5) is 0.217. The smallest absolute Gasteiger partial charge is 0.243 e. The summed E-state index contributed by atoms with van der Waals surface area (Å²) in [6.45, 7) is 8.49. The van der Waals surface area contributed by atoms with E-state index in [1.54, 1.807) is 18.2 Å². The third-order valence-corrected chi connectivity index (χ3v) is 8.87. The molecular formula is C19H31N5O4S3. The molecule has 2 N–H and O–H groups in total. The first-order chi connectivity index (χ1) is 14.5.